The van der Waals surface area contributed by atoms with E-state index in [0.29, 0.717) is 0 Å². The number of rotatable bonds is 9. The number of methoxy groups -OCH3 is 1. The Morgan fingerprint density at radius 2 is 1.84 bits per heavy atom. The van der Waals surface area contributed by atoms with Gasteiger partial charge in [-0.05, 0) is 43.0 Å². The number of carbonyl (C=O) groups excluding carboxylic acids is 2. The summed E-state index contributed by atoms with van der Waals surface area (Å²) >= 11 is 0. The Morgan fingerprint density at radius 1 is 1.16 bits per heavy atom. The van der Waals surface area contributed by atoms with Gasteiger partial charge in [0.1, 0.15) is 11.9 Å². The Kier molecular flexibility index (Phi) is 8.14. The van der Waals surface area contributed by atoms with Crippen LogP contribution in [-0.2, 0) is 9.53 Å². The SMILES string of the molecule is COc1ccnc(C(=O)C[C@@H](C)C(=O)O[C@@H](C)[C@@H](c2ccc(F)cc2C)C(C)C)c1O. The molecule has 0 saturated carbocycles. The van der Waals surface area contributed by atoms with E-state index in [1.165, 1.54) is 31.5 Å². The smallest absolute Gasteiger partial charge is 0.309 e. The number of ether oxygens (including phenoxy) is 2. The number of aryl methyl sites for hydroxylation is 1. The number of benzene rings is 1. The number of Topliss-reactive ketones (excluding diaryl/α,β-unsaturated/α-hetero) is 1. The van der Waals surface area contributed by atoms with Gasteiger partial charge in [0.2, 0.25) is 0 Å². The van der Waals surface area contributed by atoms with Crippen LogP contribution in [0.15, 0.2) is 30.5 Å². The van der Waals surface area contributed by atoms with E-state index in [-0.39, 0.29) is 41.3 Å². The van der Waals surface area contributed by atoms with Gasteiger partial charge in [0.05, 0.1) is 13.0 Å². The summed E-state index contributed by atoms with van der Waals surface area (Å²) in [6, 6.07) is 6.04. The summed E-state index contributed by atoms with van der Waals surface area (Å²) in [5.74, 6) is -2.25. The van der Waals surface area contributed by atoms with Crippen LogP contribution in [0.5, 0.6) is 11.5 Å². The molecule has 0 unspecified atom stereocenters. The molecule has 1 heterocycles. The number of aromatic hydroxyl groups is 1. The fourth-order valence-electron chi connectivity index (χ4n) is 3.80. The van der Waals surface area contributed by atoms with Gasteiger partial charge in [-0.15, -0.1) is 0 Å². The van der Waals surface area contributed by atoms with Crippen molar-refractivity contribution < 1.29 is 28.6 Å². The highest BCUT2D eigenvalue weighted by Crippen LogP contribution is 2.33. The van der Waals surface area contributed by atoms with Gasteiger partial charge < -0.3 is 14.6 Å². The third-order valence-electron chi connectivity index (χ3n) is 5.38. The van der Waals surface area contributed by atoms with Crippen LogP contribution >= 0.6 is 0 Å². The summed E-state index contributed by atoms with van der Waals surface area (Å²) in [5, 5.41) is 10.1. The van der Waals surface area contributed by atoms with Crippen LogP contribution in [0.25, 0.3) is 0 Å². The van der Waals surface area contributed by atoms with Crippen LogP contribution in [0.2, 0.25) is 0 Å². The average molecular weight is 432 g/mol. The predicted octanol–water partition coefficient (Wildman–Crippen LogP) is 4.82. The molecular formula is C24H30FNO5. The number of esters is 1. The lowest BCUT2D eigenvalue weighted by molar-refractivity contribution is -0.154. The van der Waals surface area contributed by atoms with Gasteiger partial charge in [0, 0.05) is 24.6 Å². The first-order valence-electron chi connectivity index (χ1n) is 10.3. The molecule has 0 aliphatic rings. The summed E-state index contributed by atoms with van der Waals surface area (Å²) in [7, 11) is 1.37. The molecule has 0 aliphatic carbocycles. The van der Waals surface area contributed by atoms with Crippen LogP contribution in [0, 0.1) is 24.6 Å². The van der Waals surface area contributed by atoms with Gasteiger partial charge >= 0.3 is 5.97 Å². The summed E-state index contributed by atoms with van der Waals surface area (Å²) in [5.41, 5.74) is 1.57. The normalized spacial score (nSPS) is 14.1. The highest BCUT2D eigenvalue weighted by Gasteiger charge is 2.30. The maximum atomic E-state index is 13.5. The second kappa shape index (κ2) is 10.4. The molecule has 1 aromatic carbocycles. The standard InChI is InChI=1S/C24H30FNO5/c1-13(2)21(18-8-7-17(25)11-14(18)3)16(5)31-24(29)15(4)12-19(27)22-23(28)20(30-6)9-10-26-22/h7-11,13,15-16,21,28H,12H2,1-6H3/t15-,16+,21+/m1/s1. The van der Waals surface area contributed by atoms with Gasteiger partial charge in [-0.3, -0.25) is 9.59 Å². The van der Waals surface area contributed by atoms with Gasteiger partial charge in [0.25, 0.3) is 0 Å². The number of hydrogen-bond acceptors (Lipinski definition) is 6. The molecule has 1 aromatic heterocycles. The molecule has 0 amide bonds. The van der Waals surface area contributed by atoms with Crippen molar-refractivity contribution in [2.75, 3.05) is 7.11 Å². The van der Waals surface area contributed by atoms with Crippen LogP contribution in [0.4, 0.5) is 4.39 Å². The largest absolute Gasteiger partial charge is 0.503 e. The molecular weight excluding hydrogens is 401 g/mol. The van der Waals surface area contributed by atoms with Crippen LogP contribution in [0.1, 0.15) is 61.6 Å². The van der Waals surface area contributed by atoms with E-state index in [1.54, 1.807) is 19.9 Å². The minimum absolute atomic E-state index is 0.128. The Labute approximate surface area is 182 Å². The zero-order valence-electron chi connectivity index (χ0n) is 18.8. The monoisotopic (exact) mass is 431 g/mol. The molecule has 31 heavy (non-hydrogen) atoms. The number of ketones is 1. The Morgan fingerprint density at radius 3 is 2.42 bits per heavy atom. The maximum Gasteiger partial charge on any atom is 0.309 e. The first-order valence-corrected chi connectivity index (χ1v) is 10.3. The molecule has 3 atom stereocenters. The van der Waals surface area contributed by atoms with Crippen molar-refractivity contribution in [2.24, 2.45) is 11.8 Å². The van der Waals surface area contributed by atoms with Crippen molar-refractivity contribution in [3.63, 3.8) is 0 Å². The molecule has 0 spiro atoms. The molecule has 0 fully saturated rings. The quantitative estimate of drug-likeness (QED) is 0.452. The number of halogens is 1. The van der Waals surface area contributed by atoms with Crippen molar-refractivity contribution in [2.45, 2.75) is 53.1 Å². The number of nitrogens with zero attached hydrogens (tertiary/aromatic N) is 1. The van der Waals surface area contributed by atoms with Crippen LogP contribution < -0.4 is 4.74 Å². The number of pyridine rings is 1. The molecule has 0 radical (unpaired) electrons. The van der Waals surface area contributed by atoms with Crippen molar-refractivity contribution in [3.8, 4) is 11.5 Å². The molecule has 6 nitrogen and oxygen atoms in total. The number of hydrogen-bond donors (Lipinski definition) is 1. The van der Waals surface area contributed by atoms with Crippen molar-refractivity contribution in [3.05, 3.63) is 53.1 Å². The topological polar surface area (TPSA) is 85.7 Å². The maximum absolute atomic E-state index is 13.5. The molecule has 7 heteroatoms. The molecule has 168 valence electrons. The molecule has 0 aliphatic heterocycles. The highest BCUT2D eigenvalue weighted by molar-refractivity contribution is 5.99. The Bertz CT molecular complexity index is 944. The second-order valence-electron chi connectivity index (χ2n) is 8.15. The fraction of sp³-hybridized carbons (Fsp3) is 0.458. The lowest BCUT2D eigenvalue weighted by Crippen LogP contribution is -2.30. The van der Waals surface area contributed by atoms with E-state index in [0.717, 1.165) is 11.1 Å². The fourth-order valence-corrected chi connectivity index (χ4v) is 3.80. The van der Waals surface area contributed by atoms with Crippen molar-refractivity contribution in [1.82, 2.24) is 4.98 Å². The van der Waals surface area contributed by atoms with E-state index < -0.39 is 23.8 Å². The van der Waals surface area contributed by atoms with Crippen molar-refractivity contribution in [1.29, 1.82) is 0 Å². The third kappa shape index (κ3) is 5.81. The third-order valence-corrected chi connectivity index (χ3v) is 5.38. The van der Waals surface area contributed by atoms with Crippen LogP contribution in [0.3, 0.4) is 0 Å². The molecule has 0 saturated heterocycles. The Hall–Kier alpha value is -2.96. The molecule has 2 aromatic rings. The summed E-state index contributed by atoms with van der Waals surface area (Å²) in [6.45, 7) is 9.26. The second-order valence-corrected chi connectivity index (χ2v) is 8.15. The van der Waals surface area contributed by atoms with E-state index in [9.17, 15) is 19.1 Å². The summed E-state index contributed by atoms with van der Waals surface area (Å²) in [6.07, 6.45) is 0.716. The first kappa shape index (κ1) is 24.3. The van der Waals surface area contributed by atoms with Gasteiger partial charge in [-0.2, -0.15) is 0 Å². The molecule has 2 rings (SSSR count). The predicted molar refractivity (Wildman–Crippen MR) is 115 cm³/mol. The van der Waals surface area contributed by atoms with E-state index in [2.05, 4.69) is 4.98 Å². The molecule has 0 bridgehead atoms. The van der Waals surface area contributed by atoms with Crippen LogP contribution in [-0.4, -0.2) is 35.1 Å². The zero-order chi connectivity index (χ0) is 23.3. The minimum atomic E-state index is -0.732. The number of aromatic nitrogens is 1. The van der Waals surface area contributed by atoms with E-state index in [4.69, 9.17) is 9.47 Å². The highest BCUT2D eigenvalue weighted by atomic mass is 19.1. The van der Waals surface area contributed by atoms with Gasteiger partial charge in [0.15, 0.2) is 23.0 Å². The van der Waals surface area contributed by atoms with Gasteiger partial charge in [-0.1, -0.05) is 26.8 Å². The first-order chi connectivity index (χ1) is 14.6. The lowest BCUT2D eigenvalue weighted by Gasteiger charge is -2.30. The number of carbonyl (C=O) groups is 2. The van der Waals surface area contributed by atoms with Gasteiger partial charge in [-0.25, -0.2) is 9.37 Å². The van der Waals surface area contributed by atoms with E-state index >= 15 is 0 Å². The average Bonchev–Trinajstić information content (AvgIpc) is 2.69. The van der Waals surface area contributed by atoms with Crippen molar-refractivity contribution >= 4 is 11.8 Å². The zero-order valence-corrected chi connectivity index (χ0v) is 18.8. The summed E-state index contributed by atoms with van der Waals surface area (Å²) < 4.78 is 24.2. The minimum Gasteiger partial charge on any atom is -0.503 e. The Balaban J connectivity index is 2.11. The lowest BCUT2D eigenvalue weighted by atomic mass is 9.82. The van der Waals surface area contributed by atoms with E-state index in [1.807, 2.05) is 20.8 Å². The summed E-state index contributed by atoms with van der Waals surface area (Å²) in [4.78, 5) is 29.1. The molecule has 1 N–H and O–H groups in total.